The molecule has 0 saturated carbocycles. The minimum atomic E-state index is -0.661. The summed E-state index contributed by atoms with van der Waals surface area (Å²) in [5, 5.41) is 14.3. The van der Waals surface area contributed by atoms with Crippen LogP contribution in [-0.4, -0.2) is 38.6 Å². The van der Waals surface area contributed by atoms with Crippen molar-refractivity contribution in [2.45, 2.75) is 25.8 Å². The number of carbonyl (C=O) groups excluding carboxylic acids is 1. The van der Waals surface area contributed by atoms with Crippen LogP contribution >= 0.6 is 11.6 Å². The topological polar surface area (TPSA) is 81.3 Å². The Hall–Kier alpha value is -1.63. The number of rotatable bonds is 3. The minimum absolute atomic E-state index is 0.0546. The number of nitro groups is 1. The third kappa shape index (κ3) is 2.31. The van der Waals surface area contributed by atoms with Crippen molar-refractivity contribution < 1.29 is 9.72 Å². The van der Waals surface area contributed by atoms with Crippen LogP contribution in [0.3, 0.4) is 0 Å². The molecule has 1 aliphatic heterocycles. The van der Waals surface area contributed by atoms with E-state index in [1.165, 1.54) is 10.9 Å². The molecule has 18 heavy (non-hydrogen) atoms. The summed E-state index contributed by atoms with van der Waals surface area (Å²) in [6.07, 6.45) is 3.31. The number of carbonyl (C=O) groups is 1. The zero-order valence-corrected chi connectivity index (χ0v) is 10.6. The van der Waals surface area contributed by atoms with Crippen molar-refractivity contribution >= 4 is 23.3 Å². The first-order chi connectivity index (χ1) is 8.50. The molecule has 0 radical (unpaired) electrons. The summed E-state index contributed by atoms with van der Waals surface area (Å²) in [6, 6.07) is -0.575. The van der Waals surface area contributed by atoms with Crippen molar-refractivity contribution in [1.29, 1.82) is 0 Å². The molecule has 98 valence electrons. The highest BCUT2D eigenvalue weighted by Crippen LogP contribution is 2.24. The summed E-state index contributed by atoms with van der Waals surface area (Å²) in [6.45, 7) is 3.13. The highest BCUT2D eigenvalue weighted by molar-refractivity contribution is 6.32. The molecule has 2 rings (SSSR count). The molecule has 1 fully saturated rings. The normalized spacial score (nSPS) is 16.9. The second kappa shape index (κ2) is 4.93. The third-order valence-electron chi connectivity index (χ3n) is 3.01. The van der Waals surface area contributed by atoms with E-state index in [9.17, 15) is 14.9 Å². The van der Waals surface area contributed by atoms with Crippen LogP contribution in [0.2, 0.25) is 5.02 Å². The Labute approximate surface area is 108 Å². The lowest BCUT2D eigenvalue weighted by atomic mass is 10.3. The summed E-state index contributed by atoms with van der Waals surface area (Å²) in [5.74, 6) is -0.501. The lowest BCUT2D eigenvalue weighted by molar-refractivity contribution is -0.389. The Balaban J connectivity index is 2.17. The van der Waals surface area contributed by atoms with Gasteiger partial charge >= 0.3 is 5.82 Å². The van der Waals surface area contributed by atoms with Crippen LogP contribution in [0.15, 0.2) is 6.20 Å². The highest BCUT2D eigenvalue weighted by atomic mass is 35.5. The van der Waals surface area contributed by atoms with E-state index in [1.807, 2.05) is 0 Å². The van der Waals surface area contributed by atoms with Crippen molar-refractivity contribution in [3.05, 3.63) is 21.3 Å². The Bertz CT molecular complexity index is 481. The fourth-order valence-electron chi connectivity index (χ4n) is 2.00. The molecule has 1 aliphatic rings. The van der Waals surface area contributed by atoms with E-state index in [1.54, 1.807) is 11.8 Å². The van der Waals surface area contributed by atoms with Crippen LogP contribution in [-0.2, 0) is 4.79 Å². The third-order valence-corrected chi connectivity index (χ3v) is 3.28. The van der Waals surface area contributed by atoms with Gasteiger partial charge in [-0.15, -0.1) is 0 Å². The van der Waals surface area contributed by atoms with Crippen LogP contribution in [0.5, 0.6) is 0 Å². The van der Waals surface area contributed by atoms with E-state index in [4.69, 9.17) is 11.6 Å². The predicted octanol–water partition coefficient (Wildman–Crippen LogP) is 1.63. The maximum atomic E-state index is 12.1. The van der Waals surface area contributed by atoms with Crippen molar-refractivity contribution in [3.63, 3.8) is 0 Å². The lowest BCUT2D eigenvalue weighted by Gasteiger charge is -2.18. The maximum Gasteiger partial charge on any atom is 0.408 e. The molecule has 1 aromatic rings. The maximum absolute atomic E-state index is 12.1. The number of hydrogen-bond acceptors (Lipinski definition) is 4. The molecule has 0 spiro atoms. The monoisotopic (exact) mass is 272 g/mol. The Morgan fingerprint density at radius 2 is 2.17 bits per heavy atom. The Kier molecular flexibility index (Phi) is 3.51. The van der Waals surface area contributed by atoms with E-state index in [2.05, 4.69) is 5.10 Å². The highest BCUT2D eigenvalue weighted by Gasteiger charge is 2.29. The van der Waals surface area contributed by atoms with Gasteiger partial charge in [0.15, 0.2) is 5.02 Å². The molecule has 0 bridgehead atoms. The molecule has 1 atom stereocenters. The van der Waals surface area contributed by atoms with Gasteiger partial charge in [-0.1, -0.05) is 11.6 Å². The predicted molar refractivity (Wildman–Crippen MR) is 64.4 cm³/mol. The fraction of sp³-hybridized carbons (Fsp3) is 0.600. The summed E-state index contributed by atoms with van der Waals surface area (Å²) >= 11 is 5.70. The zero-order chi connectivity index (χ0) is 13.3. The van der Waals surface area contributed by atoms with Gasteiger partial charge in [-0.25, -0.2) is 0 Å². The van der Waals surface area contributed by atoms with E-state index >= 15 is 0 Å². The molecule has 0 N–H and O–H groups in total. The average molecular weight is 273 g/mol. The van der Waals surface area contributed by atoms with Crippen LogP contribution in [0.4, 0.5) is 5.82 Å². The van der Waals surface area contributed by atoms with Gasteiger partial charge in [-0.3, -0.25) is 4.79 Å². The van der Waals surface area contributed by atoms with Gasteiger partial charge in [0.05, 0.1) is 11.3 Å². The Morgan fingerprint density at radius 1 is 1.56 bits per heavy atom. The molecule has 1 saturated heterocycles. The number of hydrogen-bond donors (Lipinski definition) is 0. The summed E-state index contributed by atoms with van der Waals surface area (Å²) < 4.78 is 1.25. The van der Waals surface area contributed by atoms with Crippen molar-refractivity contribution in [2.24, 2.45) is 0 Å². The lowest BCUT2D eigenvalue weighted by Crippen LogP contribution is -2.34. The molecular formula is C10H13ClN4O3. The van der Waals surface area contributed by atoms with Crippen molar-refractivity contribution in [1.82, 2.24) is 14.7 Å². The SMILES string of the molecule is CC(C(=O)N1CCCC1)n1cc(Cl)c([N+](=O)[O-])n1. The number of nitrogens with zero attached hydrogens (tertiary/aromatic N) is 4. The largest absolute Gasteiger partial charge is 0.408 e. The smallest absolute Gasteiger partial charge is 0.358 e. The van der Waals surface area contributed by atoms with Gasteiger partial charge in [0.25, 0.3) is 0 Å². The number of aromatic nitrogens is 2. The van der Waals surface area contributed by atoms with Gasteiger partial charge < -0.3 is 15.0 Å². The quantitative estimate of drug-likeness (QED) is 0.618. The molecule has 1 amide bonds. The first kappa shape index (κ1) is 12.8. The molecule has 7 nitrogen and oxygen atoms in total. The van der Waals surface area contributed by atoms with Gasteiger partial charge in [-0.2, -0.15) is 4.68 Å². The number of halogens is 1. The van der Waals surface area contributed by atoms with Crippen LogP contribution < -0.4 is 0 Å². The molecule has 0 aliphatic carbocycles. The van der Waals surface area contributed by atoms with Gasteiger partial charge in [0, 0.05) is 13.1 Å². The first-order valence-corrected chi connectivity index (χ1v) is 6.06. The molecular weight excluding hydrogens is 260 g/mol. The first-order valence-electron chi connectivity index (χ1n) is 5.68. The summed E-state index contributed by atoms with van der Waals surface area (Å²) in [5.41, 5.74) is 0. The molecule has 0 aromatic carbocycles. The van der Waals surface area contributed by atoms with Crippen LogP contribution in [0, 0.1) is 10.1 Å². The Morgan fingerprint density at radius 3 is 2.67 bits per heavy atom. The van der Waals surface area contributed by atoms with E-state index < -0.39 is 16.8 Å². The van der Waals surface area contributed by atoms with Crippen molar-refractivity contribution in [2.75, 3.05) is 13.1 Å². The van der Waals surface area contributed by atoms with E-state index in [0.717, 1.165) is 25.9 Å². The second-order valence-corrected chi connectivity index (χ2v) is 4.65. The minimum Gasteiger partial charge on any atom is -0.358 e. The number of amides is 1. The van der Waals surface area contributed by atoms with E-state index in [-0.39, 0.29) is 10.9 Å². The molecule has 8 heteroatoms. The molecule has 2 heterocycles. The van der Waals surface area contributed by atoms with Crippen LogP contribution in [0.25, 0.3) is 0 Å². The van der Waals surface area contributed by atoms with Crippen LogP contribution in [0.1, 0.15) is 25.8 Å². The van der Waals surface area contributed by atoms with Gasteiger partial charge in [-0.05, 0) is 24.7 Å². The average Bonchev–Trinajstić information content (AvgIpc) is 2.95. The van der Waals surface area contributed by atoms with Gasteiger partial charge in [0.1, 0.15) is 6.04 Å². The fourth-order valence-corrected chi connectivity index (χ4v) is 2.20. The van der Waals surface area contributed by atoms with E-state index in [0.29, 0.717) is 0 Å². The van der Waals surface area contributed by atoms with Gasteiger partial charge in [0.2, 0.25) is 5.91 Å². The van der Waals surface area contributed by atoms with Crippen molar-refractivity contribution in [3.8, 4) is 0 Å². The second-order valence-electron chi connectivity index (χ2n) is 4.25. The zero-order valence-electron chi connectivity index (χ0n) is 9.87. The number of likely N-dealkylation sites (tertiary alicyclic amines) is 1. The summed E-state index contributed by atoms with van der Waals surface area (Å²) in [7, 11) is 0. The summed E-state index contributed by atoms with van der Waals surface area (Å²) in [4.78, 5) is 23.8. The molecule has 1 aromatic heterocycles. The standard InChI is InChI=1S/C10H13ClN4O3/c1-7(10(16)13-4-2-3-5-13)14-6-8(11)9(12-14)15(17)18/h6-7H,2-5H2,1H3. The molecule has 1 unspecified atom stereocenters.